The summed E-state index contributed by atoms with van der Waals surface area (Å²) >= 11 is 0. The predicted octanol–water partition coefficient (Wildman–Crippen LogP) is -1.29. The number of unbranched alkanes of at least 4 members (excludes halogenated alkanes) is 2. The molecule has 398 valence electrons. The number of primary amides is 1. The quantitative estimate of drug-likeness (QED) is 0.0334. The van der Waals surface area contributed by atoms with Crippen LogP contribution < -0.4 is 54.4 Å². The summed E-state index contributed by atoms with van der Waals surface area (Å²) in [6.07, 6.45) is 6.66. The van der Waals surface area contributed by atoms with Crippen LogP contribution in [-0.2, 0) is 62.4 Å². The Bertz CT molecular complexity index is 2560. The molecule has 74 heavy (non-hydrogen) atoms. The maximum Gasteiger partial charge on any atom is 0.243 e. The number of nitrogens with zero attached hydrogens (tertiary/aromatic N) is 3. The zero-order valence-electron chi connectivity index (χ0n) is 41.6. The first kappa shape index (κ1) is 56.6. The summed E-state index contributed by atoms with van der Waals surface area (Å²) in [6.45, 7) is 0.873. The van der Waals surface area contributed by atoms with Crippen LogP contribution in [-0.4, -0.2) is 142 Å². The van der Waals surface area contributed by atoms with E-state index in [0.29, 0.717) is 55.5 Å². The van der Waals surface area contributed by atoms with Gasteiger partial charge < -0.3 is 69.3 Å². The number of aliphatic imine (C=N–C) groups is 1. The molecule has 1 aliphatic rings. The van der Waals surface area contributed by atoms with Gasteiger partial charge in [-0.1, -0.05) is 55.0 Å². The molecule has 24 heteroatoms. The SMILES string of the molecule is CC(=O)NCCCCCC(=O)N1CC(=O)NCCCC[C@@H](C(N)=O)NC(=O)[C@H](Cc2c[nH]c3ccccc23)NC(=O)[C@H](CCCN=C(N)N)NC(=O)[C@@H](Cc2ccccc2)NC(=O)[C@H](Cc2cnc[nH]2)NC(=O)C1. The molecular weight excluding hydrogens is 955 g/mol. The summed E-state index contributed by atoms with van der Waals surface area (Å²) < 4.78 is 0. The lowest BCUT2D eigenvalue weighted by Gasteiger charge is -2.28. The molecule has 3 heterocycles. The number of imidazole rings is 1. The molecule has 0 spiro atoms. The number of aromatic nitrogens is 3. The van der Waals surface area contributed by atoms with E-state index in [-0.39, 0.29) is 69.9 Å². The minimum Gasteiger partial charge on any atom is -0.370 e. The summed E-state index contributed by atoms with van der Waals surface area (Å²) in [6, 6.07) is 9.55. The van der Waals surface area contributed by atoms with Crippen molar-refractivity contribution in [2.24, 2.45) is 22.2 Å². The molecule has 0 aliphatic carbocycles. The molecule has 0 saturated carbocycles. The number of hydrogen-bond acceptors (Lipinski definition) is 11. The number of carbonyl (C=O) groups excluding carboxylic acids is 9. The first-order chi connectivity index (χ1) is 35.6. The molecule has 1 saturated heterocycles. The molecule has 15 N–H and O–H groups in total. The highest BCUT2D eigenvalue weighted by atomic mass is 16.2. The summed E-state index contributed by atoms with van der Waals surface area (Å²) in [7, 11) is 0. The van der Waals surface area contributed by atoms with Crippen molar-refractivity contribution in [3.05, 3.63) is 90.1 Å². The topological polar surface area (TPSA) is 376 Å². The van der Waals surface area contributed by atoms with Crippen LogP contribution in [0.15, 0.2) is 78.3 Å². The fourth-order valence-corrected chi connectivity index (χ4v) is 8.34. The van der Waals surface area contributed by atoms with Gasteiger partial charge in [-0.05, 0) is 62.1 Å². The van der Waals surface area contributed by atoms with Crippen LogP contribution in [0.1, 0.15) is 81.5 Å². The van der Waals surface area contributed by atoms with Gasteiger partial charge in [-0.25, -0.2) is 4.98 Å². The van der Waals surface area contributed by atoms with Gasteiger partial charge in [0.1, 0.15) is 43.3 Å². The molecule has 9 amide bonds. The van der Waals surface area contributed by atoms with E-state index in [1.807, 2.05) is 24.3 Å². The molecule has 5 rings (SSSR count). The Hall–Kier alpha value is -8.31. The largest absolute Gasteiger partial charge is 0.370 e. The fraction of sp³-hybridized carbons (Fsp3) is 0.460. The summed E-state index contributed by atoms with van der Waals surface area (Å²) in [5, 5.41) is 20.0. The van der Waals surface area contributed by atoms with E-state index in [9.17, 15) is 43.2 Å². The summed E-state index contributed by atoms with van der Waals surface area (Å²) in [4.78, 5) is 138. The van der Waals surface area contributed by atoms with E-state index in [1.54, 1.807) is 36.5 Å². The highest BCUT2D eigenvalue weighted by molar-refractivity contribution is 5.97. The van der Waals surface area contributed by atoms with Gasteiger partial charge in [0.15, 0.2) is 5.96 Å². The number of hydrogen-bond donors (Lipinski definition) is 12. The smallest absolute Gasteiger partial charge is 0.243 e. The van der Waals surface area contributed by atoms with Crippen molar-refractivity contribution in [3.63, 3.8) is 0 Å². The van der Waals surface area contributed by atoms with Crippen LogP contribution in [0, 0.1) is 0 Å². The second kappa shape index (κ2) is 29.3. The average Bonchev–Trinajstić information content (AvgIpc) is 4.04. The van der Waals surface area contributed by atoms with Crippen molar-refractivity contribution in [2.75, 3.05) is 32.7 Å². The molecule has 2 aromatic heterocycles. The van der Waals surface area contributed by atoms with E-state index >= 15 is 0 Å². The van der Waals surface area contributed by atoms with Crippen molar-refractivity contribution in [1.82, 2.24) is 57.1 Å². The van der Waals surface area contributed by atoms with Gasteiger partial charge >= 0.3 is 0 Å². The van der Waals surface area contributed by atoms with Gasteiger partial charge in [-0.15, -0.1) is 0 Å². The monoisotopic (exact) mass is 1020 g/mol. The normalized spacial score (nSPS) is 20.1. The second-order valence-corrected chi connectivity index (χ2v) is 18.1. The number of rotatable bonds is 17. The molecule has 2 aromatic carbocycles. The highest BCUT2D eigenvalue weighted by Crippen LogP contribution is 2.20. The van der Waals surface area contributed by atoms with Crippen LogP contribution in [0.25, 0.3) is 10.9 Å². The number of carbonyl (C=O) groups is 9. The molecule has 4 aromatic rings. The maximum atomic E-state index is 14.6. The van der Waals surface area contributed by atoms with E-state index in [2.05, 4.69) is 57.2 Å². The Labute approximate surface area is 428 Å². The second-order valence-electron chi connectivity index (χ2n) is 18.1. The molecule has 1 aliphatic heterocycles. The fourth-order valence-electron chi connectivity index (χ4n) is 8.34. The van der Waals surface area contributed by atoms with Crippen molar-refractivity contribution in [3.8, 4) is 0 Å². The number of fused-ring (bicyclic) bond motifs is 1. The Kier molecular flexibility index (Phi) is 22.4. The van der Waals surface area contributed by atoms with E-state index < -0.39 is 90.6 Å². The van der Waals surface area contributed by atoms with Crippen molar-refractivity contribution in [1.29, 1.82) is 0 Å². The number of aromatic amines is 2. The average molecular weight is 1020 g/mol. The number of para-hydroxylation sites is 1. The lowest BCUT2D eigenvalue weighted by Crippen LogP contribution is -2.60. The first-order valence-corrected chi connectivity index (χ1v) is 24.8. The third kappa shape index (κ3) is 19.0. The van der Waals surface area contributed by atoms with Gasteiger partial charge in [-0.3, -0.25) is 48.1 Å². The third-order valence-corrected chi connectivity index (χ3v) is 12.2. The number of H-pyrrole nitrogens is 2. The van der Waals surface area contributed by atoms with Gasteiger partial charge in [0.05, 0.1) is 6.33 Å². The zero-order valence-corrected chi connectivity index (χ0v) is 41.6. The van der Waals surface area contributed by atoms with Gasteiger partial charge in [0.2, 0.25) is 53.2 Å². The maximum absolute atomic E-state index is 14.6. The number of nitrogens with one attached hydrogen (secondary N) is 9. The Morgan fingerprint density at radius 1 is 0.716 bits per heavy atom. The van der Waals surface area contributed by atoms with Crippen LogP contribution in [0.2, 0.25) is 0 Å². The van der Waals surface area contributed by atoms with E-state index in [4.69, 9.17) is 17.2 Å². The zero-order chi connectivity index (χ0) is 53.4. The molecule has 5 atom stereocenters. The van der Waals surface area contributed by atoms with Crippen LogP contribution in [0.4, 0.5) is 0 Å². The molecule has 0 unspecified atom stereocenters. The standard InChI is InChI=1S/C50H69N15O9/c1-31(66)55-20-10-3-6-19-44(69)65-28-42(67)56-21-11-9-17-37(45(51)70)61-48(73)40(24-33-26-58-36-16-8-7-15-35(33)36)64-46(71)38(18-12-22-57-50(52)53)62-47(72)39(23-32-13-4-2-5-14-32)63-49(74)41(60-43(68)29-65)25-34-27-54-30-59-34/h2,4-5,7-8,13-16,26-27,30,37-41,58H,3,6,9-12,17-25,28-29H2,1H3,(H2,51,70)(H,54,59)(H,55,66)(H,56,67)(H,60,68)(H,61,73)(H,62,72)(H,63,74)(H,64,71)(H4,52,53,57)/t37-,38-,39+,40-,41-/m0/s1. The Morgan fingerprint density at radius 3 is 2.08 bits per heavy atom. The van der Waals surface area contributed by atoms with Crippen molar-refractivity contribution >= 4 is 70.0 Å². The van der Waals surface area contributed by atoms with Gasteiger partial charge in [-0.2, -0.15) is 0 Å². The summed E-state index contributed by atoms with van der Waals surface area (Å²) in [5.41, 5.74) is 19.5. The highest BCUT2D eigenvalue weighted by Gasteiger charge is 2.34. The number of nitrogens with two attached hydrogens (primary N) is 3. The van der Waals surface area contributed by atoms with E-state index in [1.165, 1.54) is 19.4 Å². The van der Waals surface area contributed by atoms with Crippen LogP contribution in [0.3, 0.4) is 0 Å². The molecule has 1 fully saturated rings. The lowest BCUT2D eigenvalue weighted by molar-refractivity contribution is -0.140. The molecule has 24 nitrogen and oxygen atoms in total. The predicted molar refractivity (Wildman–Crippen MR) is 274 cm³/mol. The van der Waals surface area contributed by atoms with Gasteiger partial charge in [0, 0.05) is 81.2 Å². The van der Waals surface area contributed by atoms with Crippen molar-refractivity contribution < 1.29 is 43.2 Å². The third-order valence-electron chi connectivity index (χ3n) is 12.2. The summed E-state index contributed by atoms with van der Waals surface area (Å²) in [5.74, 6) is -6.20. The molecule has 0 radical (unpaired) electrons. The van der Waals surface area contributed by atoms with Crippen molar-refractivity contribution in [2.45, 2.75) is 114 Å². The first-order valence-electron chi connectivity index (χ1n) is 24.8. The van der Waals surface area contributed by atoms with E-state index in [0.717, 1.165) is 15.8 Å². The number of benzene rings is 2. The molecular formula is C50H69N15O9. The lowest BCUT2D eigenvalue weighted by atomic mass is 10.0. The Morgan fingerprint density at radius 2 is 1.38 bits per heavy atom. The Balaban J connectivity index is 1.50. The number of amides is 9. The minimum absolute atomic E-state index is 0.0227. The van der Waals surface area contributed by atoms with Gasteiger partial charge in [0.25, 0.3) is 0 Å². The number of guanidine groups is 1. The molecule has 0 bridgehead atoms. The minimum atomic E-state index is -1.36. The van der Waals surface area contributed by atoms with Crippen LogP contribution >= 0.6 is 0 Å². The van der Waals surface area contributed by atoms with Crippen LogP contribution in [0.5, 0.6) is 0 Å².